The van der Waals surface area contributed by atoms with E-state index in [1.807, 2.05) is 0 Å². The van der Waals surface area contributed by atoms with Gasteiger partial charge in [0.05, 0.1) is 6.10 Å². The van der Waals surface area contributed by atoms with Crippen LogP contribution in [0, 0.1) is 11.6 Å². The predicted molar refractivity (Wildman–Crippen MR) is 84.4 cm³/mol. The average Bonchev–Trinajstić information content (AvgIpc) is 2.53. The molecule has 0 aliphatic heterocycles. The van der Waals surface area contributed by atoms with Gasteiger partial charge in [-0.1, -0.05) is 30.3 Å². The summed E-state index contributed by atoms with van der Waals surface area (Å²) in [6.07, 6.45) is 0.172. The molecule has 0 spiro atoms. The summed E-state index contributed by atoms with van der Waals surface area (Å²) in [5.41, 5.74) is 1.30. The lowest BCUT2D eigenvalue weighted by Crippen LogP contribution is -2.27. The maximum Gasteiger partial charge on any atom is 0.244 e. The predicted octanol–water partition coefficient (Wildman–Crippen LogP) is 3.22. The molecule has 0 aromatic heterocycles. The maximum absolute atomic E-state index is 13.5. The number of amides is 1. The van der Waals surface area contributed by atoms with Crippen molar-refractivity contribution in [2.24, 2.45) is 0 Å². The SMILES string of the molecule is C/C(=C/C(=O)NCC(O)c1ccccc1F)c1cccc(F)c1. The third kappa shape index (κ3) is 4.72. The Bertz CT molecular complexity index is 728. The molecule has 5 heteroatoms. The van der Waals surface area contributed by atoms with Gasteiger partial charge in [-0.3, -0.25) is 4.79 Å². The van der Waals surface area contributed by atoms with E-state index >= 15 is 0 Å². The molecular formula is C18H17F2NO2. The van der Waals surface area contributed by atoms with Gasteiger partial charge in [-0.15, -0.1) is 0 Å². The average molecular weight is 317 g/mol. The van der Waals surface area contributed by atoms with Crippen LogP contribution in [0.2, 0.25) is 0 Å². The number of hydrogen-bond acceptors (Lipinski definition) is 2. The first-order valence-electron chi connectivity index (χ1n) is 7.12. The van der Waals surface area contributed by atoms with Crippen molar-refractivity contribution in [3.05, 3.63) is 77.4 Å². The molecule has 0 saturated heterocycles. The highest BCUT2D eigenvalue weighted by atomic mass is 19.1. The van der Waals surface area contributed by atoms with Crippen molar-refractivity contribution in [1.82, 2.24) is 5.32 Å². The second-order valence-electron chi connectivity index (χ2n) is 5.12. The quantitative estimate of drug-likeness (QED) is 0.832. The van der Waals surface area contributed by atoms with Crippen LogP contribution in [0.15, 0.2) is 54.6 Å². The Kier molecular flexibility index (Phi) is 5.60. The summed E-state index contributed by atoms with van der Waals surface area (Å²) < 4.78 is 26.7. The molecule has 0 fully saturated rings. The molecule has 1 unspecified atom stereocenters. The summed E-state index contributed by atoms with van der Waals surface area (Å²) in [4.78, 5) is 11.8. The second kappa shape index (κ2) is 7.65. The van der Waals surface area contributed by atoms with Crippen LogP contribution in [0.25, 0.3) is 5.57 Å². The molecule has 1 amide bonds. The summed E-state index contributed by atoms with van der Waals surface area (Å²) >= 11 is 0. The molecule has 23 heavy (non-hydrogen) atoms. The molecular weight excluding hydrogens is 300 g/mol. The lowest BCUT2D eigenvalue weighted by molar-refractivity contribution is -0.116. The largest absolute Gasteiger partial charge is 0.386 e. The maximum atomic E-state index is 13.5. The van der Waals surface area contributed by atoms with Gasteiger partial charge in [-0.05, 0) is 36.3 Å². The van der Waals surface area contributed by atoms with Crippen LogP contribution in [0.3, 0.4) is 0 Å². The molecule has 0 bridgehead atoms. The first kappa shape index (κ1) is 16.8. The third-order valence-corrected chi connectivity index (χ3v) is 3.36. The molecule has 2 N–H and O–H groups in total. The lowest BCUT2D eigenvalue weighted by Gasteiger charge is -2.12. The molecule has 0 saturated carbocycles. The highest BCUT2D eigenvalue weighted by Gasteiger charge is 2.12. The summed E-state index contributed by atoms with van der Waals surface area (Å²) in [6.45, 7) is 1.56. The van der Waals surface area contributed by atoms with Crippen LogP contribution in [0.5, 0.6) is 0 Å². The van der Waals surface area contributed by atoms with E-state index in [0.717, 1.165) is 0 Å². The zero-order chi connectivity index (χ0) is 16.8. The fraction of sp³-hybridized carbons (Fsp3) is 0.167. The zero-order valence-electron chi connectivity index (χ0n) is 12.6. The van der Waals surface area contributed by atoms with E-state index in [2.05, 4.69) is 5.32 Å². The molecule has 3 nitrogen and oxygen atoms in total. The van der Waals surface area contributed by atoms with Crippen LogP contribution >= 0.6 is 0 Å². The number of nitrogens with one attached hydrogen (secondary N) is 1. The normalized spacial score (nSPS) is 12.8. The van der Waals surface area contributed by atoms with E-state index < -0.39 is 17.8 Å². The molecule has 0 aliphatic carbocycles. The van der Waals surface area contributed by atoms with E-state index in [4.69, 9.17) is 0 Å². The van der Waals surface area contributed by atoms with Crippen LogP contribution in [0.1, 0.15) is 24.2 Å². The van der Waals surface area contributed by atoms with Gasteiger partial charge in [0.1, 0.15) is 11.6 Å². The van der Waals surface area contributed by atoms with E-state index in [9.17, 15) is 18.7 Å². The summed E-state index contributed by atoms with van der Waals surface area (Å²) in [7, 11) is 0. The number of allylic oxidation sites excluding steroid dienone is 1. The first-order valence-corrected chi connectivity index (χ1v) is 7.12. The van der Waals surface area contributed by atoms with Gasteiger partial charge in [-0.25, -0.2) is 8.78 Å². The van der Waals surface area contributed by atoms with Gasteiger partial charge in [0.15, 0.2) is 0 Å². The lowest BCUT2D eigenvalue weighted by atomic mass is 10.1. The number of hydrogen-bond donors (Lipinski definition) is 2. The molecule has 0 radical (unpaired) electrons. The zero-order valence-corrected chi connectivity index (χ0v) is 12.6. The monoisotopic (exact) mass is 317 g/mol. The molecule has 2 aromatic carbocycles. The Balaban J connectivity index is 1.97. The number of rotatable bonds is 5. The third-order valence-electron chi connectivity index (χ3n) is 3.36. The minimum Gasteiger partial charge on any atom is -0.386 e. The van der Waals surface area contributed by atoms with Crippen molar-refractivity contribution in [1.29, 1.82) is 0 Å². The van der Waals surface area contributed by atoms with E-state index in [1.54, 1.807) is 25.1 Å². The molecule has 1 atom stereocenters. The number of carbonyl (C=O) groups is 1. The van der Waals surface area contributed by atoms with Crippen LogP contribution in [-0.4, -0.2) is 17.6 Å². The molecule has 0 heterocycles. The molecule has 2 rings (SSSR count). The van der Waals surface area contributed by atoms with Crippen LogP contribution in [-0.2, 0) is 4.79 Å². The Morgan fingerprint density at radius 1 is 1.22 bits per heavy atom. The van der Waals surface area contributed by atoms with E-state index in [1.165, 1.54) is 36.4 Å². The first-order chi connectivity index (χ1) is 11.0. The van der Waals surface area contributed by atoms with E-state index in [0.29, 0.717) is 11.1 Å². The number of aliphatic hydroxyl groups excluding tert-OH is 1. The van der Waals surface area contributed by atoms with Crippen LogP contribution in [0.4, 0.5) is 8.78 Å². The summed E-state index contributed by atoms with van der Waals surface area (Å²) in [5, 5.41) is 12.4. The van der Waals surface area contributed by atoms with Crippen molar-refractivity contribution in [3.8, 4) is 0 Å². The molecule has 120 valence electrons. The Morgan fingerprint density at radius 3 is 2.65 bits per heavy atom. The number of aliphatic hydroxyl groups is 1. The highest BCUT2D eigenvalue weighted by molar-refractivity contribution is 5.94. The fourth-order valence-corrected chi connectivity index (χ4v) is 2.12. The van der Waals surface area contributed by atoms with Gasteiger partial charge in [0.2, 0.25) is 5.91 Å². The number of carbonyl (C=O) groups excluding carboxylic acids is 1. The van der Waals surface area contributed by atoms with Gasteiger partial charge in [0, 0.05) is 18.2 Å². The van der Waals surface area contributed by atoms with Crippen molar-refractivity contribution in [2.75, 3.05) is 6.54 Å². The van der Waals surface area contributed by atoms with Gasteiger partial charge in [0.25, 0.3) is 0 Å². The van der Waals surface area contributed by atoms with Crippen molar-refractivity contribution >= 4 is 11.5 Å². The Morgan fingerprint density at radius 2 is 1.96 bits per heavy atom. The van der Waals surface area contributed by atoms with Gasteiger partial charge in [-0.2, -0.15) is 0 Å². The second-order valence-corrected chi connectivity index (χ2v) is 5.12. The molecule has 0 aliphatic rings. The fourth-order valence-electron chi connectivity index (χ4n) is 2.12. The van der Waals surface area contributed by atoms with Crippen molar-refractivity contribution in [2.45, 2.75) is 13.0 Å². The summed E-state index contributed by atoms with van der Waals surface area (Å²) in [6, 6.07) is 11.7. The van der Waals surface area contributed by atoms with E-state index in [-0.39, 0.29) is 17.9 Å². The van der Waals surface area contributed by atoms with Crippen molar-refractivity contribution < 1.29 is 18.7 Å². The minimum absolute atomic E-state index is 0.118. The van der Waals surface area contributed by atoms with Crippen LogP contribution < -0.4 is 5.32 Å². The standard InChI is InChI=1S/C18H17F2NO2/c1-12(13-5-4-6-14(19)10-13)9-18(23)21-11-17(22)15-7-2-3-8-16(15)20/h2-10,17,22H,11H2,1H3,(H,21,23)/b12-9-. The minimum atomic E-state index is -1.14. The smallest absolute Gasteiger partial charge is 0.244 e. The van der Waals surface area contributed by atoms with Gasteiger partial charge >= 0.3 is 0 Å². The van der Waals surface area contributed by atoms with Crippen molar-refractivity contribution in [3.63, 3.8) is 0 Å². The highest BCUT2D eigenvalue weighted by Crippen LogP contribution is 2.16. The topological polar surface area (TPSA) is 49.3 Å². The summed E-state index contributed by atoms with van der Waals surface area (Å²) in [5.74, 6) is -1.35. The Hall–Kier alpha value is -2.53. The number of halogens is 2. The molecule has 2 aromatic rings. The van der Waals surface area contributed by atoms with Gasteiger partial charge < -0.3 is 10.4 Å². The Labute approximate surface area is 133 Å². The number of benzene rings is 2.